The average Bonchev–Trinajstić information content (AvgIpc) is 3.07. The molecule has 0 saturated carbocycles. The minimum absolute atomic E-state index is 0.124. The molecular formula is C23H17ClF3NO3. The van der Waals surface area contributed by atoms with Gasteiger partial charge in [0.25, 0.3) is 0 Å². The molecule has 1 aliphatic heterocycles. The van der Waals surface area contributed by atoms with Gasteiger partial charge in [0.1, 0.15) is 11.9 Å². The van der Waals surface area contributed by atoms with Gasteiger partial charge in [0.05, 0.1) is 5.56 Å². The maximum Gasteiger partial charge on any atom is 0.387 e. The molecule has 31 heavy (non-hydrogen) atoms. The van der Waals surface area contributed by atoms with Crippen molar-refractivity contribution in [3.05, 3.63) is 82.1 Å². The molecule has 0 aromatic heterocycles. The highest BCUT2D eigenvalue weighted by atomic mass is 35.5. The van der Waals surface area contributed by atoms with Crippen LogP contribution in [0.4, 0.5) is 13.2 Å². The molecule has 1 unspecified atom stereocenters. The Morgan fingerprint density at radius 3 is 2.45 bits per heavy atom. The quantitative estimate of drug-likeness (QED) is 0.515. The van der Waals surface area contributed by atoms with E-state index in [2.05, 4.69) is 4.74 Å². The number of halogens is 4. The van der Waals surface area contributed by atoms with E-state index in [0.717, 1.165) is 17.7 Å². The van der Waals surface area contributed by atoms with E-state index in [-0.39, 0.29) is 33.7 Å². The van der Waals surface area contributed by atoms with Gasteiger partial charge < -0.3 is 15.2 Å². The average molecular weight is 448 g/mol. The van der Waals surface area contributed by atoms with Crippen LogP contribution in [0.1, 0.15) is 40.4 Å². The SMILES string of the molecule is C[C@H]1c2c(ccc(Cl)c2-c2c(C(N)=O)ccc(OC(F)F)c2F)OC1c1ccccc1. The third-order valence-electron chi connectivity index (χ3n) is 5.28. The zero-order valence-corrected chi connectivity index (χ0v) is 17.0. The first kappa shape index (κ1) is 21.1. The zero-order chi connectivity index (χ0) is 22.3. The van der Waals surface area contributed by atoms with Gasteiger partial charge in [0.15, 0.2) is 11.6 Å². The van der Waals surface area contributed by atoms with Crippen LogP contribution in [0.15, 0.2) is 54.6 Å². The van der Waals surface area contributed by atoms with Gasteiger partial charge in [0.2, 0.25) is 5.91 Å². The van der Waals surface area contributed by atoms with Crippen LogP contribution in [-0.2, 0) is 0 Å². The summed E-state index contributed by atoms with van der Waals surface area (Å²) in [6.07, 6.45) is -0.381. The fraction of sp³-hybridized carbons (Fsp3) is 0.174. The van der Waals surface area contributed by atoms with Crippen LogP contribution >= 0.6 is 11.6 Å². The Morgan fingerprint density at radius 1 is 1.10 bits per heavy atom. The Hall–Kier alpha value is -3.19. The number of rotatable bonds is 5. The minimum Gasteiger partial charge on any atom is -0.485 e. The van der Waals surface area contributed by atoms with E-state index < -0.39 is 24.1 Å². The lowest BCUT2D eigenvalue weighted by atomic mass is 9.85. The van der Waals surface area contributed by atoms with Gasteiger partial charge in [-0.2, -0.15) is 8.78 Å². The fourth-order valence-electron chi connectivity index (χ4n) is 3.97. The Bertz CT molecular complexity index is 1150. The fourth-order valence-corrected chi connectivity index (χ4v) is 4.23. The maximum absolute atomic E-state index is 15.4. The van der Waals surface area contributed by atoms with Crippen LogP contribution in [0.3, 0.4) is 0 Å². The van der Waals surface area contributed by atoms with Crippen LogP contribution in [-0.4, -0.2) is 12.5 Å². The molecule has 3 aromatic rings. The van der Waals surface area contributed by atoms with Crippen molar-refractivity contribution in [2.24, 2.45) is 5.73 Å². The van der Waals surface area contributed by atoms with Crippen molar-refractivity contribution >= 4 is 17.5 Å². The van der Waals surface area contributed by atoms with Crippen LogP contribution in [0.5, 0.6) is 11.5 Å². The predicted molar refractivity (Wildman–Crippen MR) is 110 cm³/mol. The summed E-state index contributed by atoms with van der Waals surface area (Å²) in [5.74, 6) is -2.63. The number of carbonyl (C=O) groups excluding carboxylic acids is 1. The van der Waals surface area contributed by atoms with E-state index in [0.29, 0.717) is 11.3 Å². The molecule has 0 saturated heterocycles. The summed E-state index contributed by atoms with van der Waals surface area (Å²) in [7, 11) is 0. The molecule has 2 atom stereocenters. The monoisotopic (exact) mass is 447 g/mol. The van der Waals surface area contributed by atoms with Crippen molar-refractivity contribution < 1.29 is 27.4 Å². The molecule has 0 fully saturated rings. The van der Waals surface area contributed by atoms with E-state index >= 15 is 4.39 Å². The summed E-state index contributed by atoms with van der Waals surface area (Å²) in [4.78, 5) is 12.1. The zero-order valence-electron chi connectivity index (χ0n) is 16.2. The van der Waals surface area contributed by atoms with Gasteiger partial charge in [-0.3, -0.25) is 4.79 Å². The Kier molecular flexibility index (Phi) is 5.54. The summed E-state index contributed by atoms with van der Waals surface area (Å²) in [5.41, 5.74) is 6.57. The molecule has 4 rings (SSSR count). The Morgan fingerprint density at radius 2 is 1.81 bits per heavy atom. The standard InChI is InChI=1S/C23H17ClF3NO3/c1-11-17-15(30-21(11)12-5-3-2-4-6-12)10-8-14(24)19(17)18-13(22(28)29)7-9-16(20(18)25)31-23(26)27/h2-11,21,23H,1H3,(H2,28,29)/t11-,21?/m0/s1. The molecule has 0 spiro atoms. The maximum atomic E-state index is 15.4. The molecule has 0 radical (unpaired) electrons. The first-order chi connectivity index (χ1) is 14.8. The highest BCUT2D eigenvalue weighted by Crippen LogP contribution is 2.53. The second kappa shape index (κ2) is 8.15. The number of hydrogen-bond acceptors (Lipinski definition) is 3. The van der Waals surface area contributed by atoms with Crippen LogP contribution in [0.2, 0.25) is 5.02 Å². The molecule has 3 aromatic carbocycles. The van der Waals surface area contributed by atoms with Crippen LogP contribution in [0.25, 0.3) is 11.1 Å². The second-order valence-corrected chi connectivity index (χ2v) is 7.52. The number of nitrogens with two attached hydrogens (primary N) is 1. The van der Waals surface area contributed by atoms with E-state index in [1.54, 1.807) is 6.07 Å². The number of fused-ring (bicyclic) bond motifs is 1. The lowest BCUT2D eigenvalue weighted by Crippen LogP contribution is -2.15. The molecule has 0 aliphatic carbocycles. The molecule has 160 valence electrons. The topological polar surface area (TPSA) is 61.6 Å². The van der Waals surface area contributed by atoms with E-state index in [9.17, 15) is 13.6 Å². The molecule has 1 aliphatic rings. The lowest BCUT2D eigenvalue weighted by Gasteiger charge is -2.19. The van der Waals surface area contributed by atoms with Crippen molar-refractivity contribution in [2.75, 3.05) is 0 Å². The number of primary amides is 1. The number of ether oxygens (including phenoxy) is 2. The number of carbonyl (C=O) groups is 1. The van der Waals surface area contributed by atoms with E-state index in [1.807, 2.05) is 37.3 Å². The third kappa shape index (κ3) is 3.70. The van der Waals surface area contributed by atoms with Gasteiger partial charge in [-0.15, -0.1) is 0 Å². The first-order valence-corrected chi connectivity index (χ1v) is 9.78. The number of alkyl halides is 2. The molecule has 8 heteroatoms. The second-order valence-electron chi connectivity index (χ2n) is 7.12. The van der Waals surface area contributed by atoms with Crippen LogP contribution in [0, 0.1) is 5.82 Å². The number of amides is 1. The minimum atomic E-state index is -3.25. The Balaban J connectivity index is 1.94. The molecule has 0 bridgehead atoms. The normalized spacial score (nSPS) is 17.4. The van der Waals surface area contributed by atoms with Gasteiger partial charge in [-0.1, -0.05) is 48.9 Å². The van der Waals surface area contributed by atoms with Crippen molar-refractivity contribution in [1.82, 2.24) is 0 Å². The molecule has 4 nitrogen and oxygen atoms in total. The first-order valence-electron chi connectivity index (χ1n) is 9.41. The van der Waals surface area contributed by atoms with Gasteiger partial charge in [0, 0.05) is 27.6 Å². The number of hydrogen-bond donors (Lipinski definition) is 1. The highest BCUT2D eigenvalue weighted by molar-refractivity contribution is 6.34. The molecule has 1 amide bonds. The molecular weight excluding hydrogens is 431 g/mol. The van der Waals surface area contributed by atoms with Crippen molar-refractivity contribution in [2.45, 2.75) is 25.6 Å². The van der Waals surface area contributed by atoms with Crippen molar-refractivity contribution in [1.29, 1.82) is 0 Å². The molecule has 1 heterocycles. The van der Waals surface area contributed by atoms with Crippen molar-refractivity contribution in [3.8, 4) is 22.6 Å². The third-order valence-corrected chi connectivity index (χ3v) is 5.60. The van der Waals surface area contributed by atoms with Gasteiger partial charge in [-0.05, 0) is 29.8 Å². The summed E-state index contributed by atoms with van der Waals surface area (Å²) in [6.45, 7) is -1.37. The highest BCUT2D eigenvalue weighted by Gasteiger charge is 2.37. The van der Waals surface area contributed by atoms with E-state index in [1.165, 1.54) is 6.07 Å². The van der Waals surface area contributed by atoms with Gasteiger partial charge in [-0.25, -0.2) is 4.39 Å². The summed E-state index contributed by atoms with van der Waals surface area (Å²) in [5, 5.41) is 0.124. The summed E-state index contributed by atoms with van der Waals surface area (Å²) in [6, 6.07) is 14.7. The molecule has 2 N–H and O–H groups in total. The number of benzene rings is 3. The van der Waals surface area contributed by atoms with Gasteiger partial charge >= 0.3 is 6.61 Å². The van der Waals surface area contributed by atoms with E-state index in [4.69, 9.17) is 22.1 Å². The Labute approximate surface area is 181 Å². The lowest BCUT2D eigenvalue weighted by molar-refractivity contribution is -0.0521. The summed E-state index contributed by atoms with van der Waals surface area (Å²) >= 11 is 6.44. The largest absolute Gasteiger partial charge is 0.485 e. The van der Waals surface area contributed by atoms with Crippen LogP contribution < -0.4 is 15.2 Å². The summed E-state index contributed by atoms with van der Waals surface area (Å²) < 4.78 is 51.3. The predicted octanol–water partition coefficient (Wildman–Crippen LogP) is 6.08. The van der Waals surface area contributed by atoms with Crippen molar-refractivity contribution in [3.63, 3.8) is 0 Å². The smallest absolute Gasteiger partial charge is 0.387 e.